The fraction of sp³-hybridized carbons (Fsp3) is 0.889. The summed E-state index contributed by atoms with van der Waals surface area (Å²) in [4.78, 5) is 40.4. The summed E-state index contributed by atoms with van der Waals surface area (Å²) in [5, 5.41) is 5.86. The van der Waals surface area contributed by atoms with Gasteiger partial charge in [-0.15, -0.1) is 0 Å². The lowest BCUT2D eigenvalue weighted by Crippen LogP contribution is -2.61. The van der Waals surface area contributed by atoms with Crippen LogP contribution in [0.2, 0.25) is 0 Å². The van der Waals surface area contributed by atoms with Crippen molar-refractivity contribution in [2.75, 3.05) is 14.1 Å². The summed E-state index contributed by atoms with van der Waals surface area (Å²) >= 11 is 0. The van der Waals surface area contributed by atoms with Gasteiger partial charge in [-0.05, 0) is 85.9 Å². The Morgan fingerprint density at radius 1 is 1.03 bits per heavy atom. The van der Waals surface area contributed by atoms with Crippen molar-refractivity contribution >= 4 is 17.7 Å². The second-order valence-electron chi connectivity index (χ2n) is 12.5. The zero-order chi connectivity index (χ0) is 24.1. The summed E-state index contributed by atoms with van der Waals surface area (Å²) in [6, 6.07) is -0.0830. The molecule has 8 atom stereocenters. The topological polar surface area (TPSA) is 78.5 Å². The summed E-state index contributed by atoms with van der Waals surface area (Å²) < 4.78 is 0. The van der Waals surface area contributed by atoms with Crippen LogP contribution in [0.15, 0.2) is 0 Å². The highest BCUT2D eigenvalue weighted by atomic mass is 16.2. The van der Waals surface area contributed by atoms with Crippen LogP contribution in [-0.4, -0.2) is 48.8 Å². The highest BCUT2D eigenvalue weighted by molar-refractivity contribution is 5.88. The first-order valence-corrected chi connectivity index (χ1v) is 13.3. The zero-order valence-electron chi connectivity index (χ0n) is 21.6. The van der Waals surface area contributed by atoms with Gasteiger partial charge in [0.15, 0.2) is 0 Å². The minimum atomic E-state index is -0.453. The number of amides is 3. The maximum absolute atomic E-state index is 13.5. The van der Waals surface area contributed by atoms with Gasteiger partial charge in [0.1, 0.15) is 6.04 Å². The van der Waals surface area contributed by atoms with Crippen molar-refractivity contribution in [1.29, 1.82) is 0 Å². The minimum absolute atomic E-state index is 0.00983. The third-order valence-corrected chi connectivity index (χ3v) is 10.5. The number of fused-ring (bicyclic) bond motifs is 5. The summed E-state index contributed by atoms with van der Waals surface area (Å²) in [7, 11) is 3.65. The van der Waals surface area contributed by atoms with E-state index in [4.69, 9.17) is 0 Å². The average molecular weight is 460 g/mol. The molecule has 3 saturated carbocycles. The Hall–Kier alpha value is -1.59. The first kappa shape index (κ1) is 24.5. The first-order valence-electron chi connectivity index (χ1n) is 13.3. The van der Waals surface area contributed by atoms with Crippen LogP contribution in [0.3, 0.4) is 0 Å². The molecule has 3 amide bonds. The van der Waals surface area contributed by atoms with Crippen LogP contribution in [0.4, 0.5) is 0 Å². The van der Waals surface area contributed by atoms with E-state index >= 15 is 0 Å². The van der Waals surface area contributed by atoms with Gasteiger partial charge in [0.05, 0.1) is 0 Å². The van der Waals surface area contributed by atoms with Gasteiger partial charge in [0.2, 0.25) is 17.7 Å². The van der Waals surface area contributed by atoms with Crippen LogP contribution in [-0.2, 0) is 14.4 Å². The molecular formula is C27H45N3O3. The van der Waals surface area contributed by atoms with Crippen molar-refractivity contribution in [3.63, 3.8) is 0 Å². The van der Waals surface area contributed by atoms with Gasteiger partial charge in [-0.3, -0.25) is 14.4 Å². The fourth-order valence-electron chi connectivity index (χ4n) is 8.73. The van der Waals surface area contributed by atoms with Gasteiger partial charge >= 0.3 is 0 Å². The Bertz CT molecular complexity index is 797. The molecule has 4 fully saturated rings. The average Bonchev–Trinajstić information content (AvgIpc) is 3.12. The molecule has 6 nitrogen and oxygen atoms in total. The summed E-state index contributed by atoms with van der Waals surface area (Å²) in [5.41, 5.74) is 0.213. The van der Waals surface area contributed by atoms with Crippen LogP contribution >= 0.6 is 0 Å². The van der Waals surface area contributed by atoms with Crippen molar-refractivity contribution in [3.05, 3.63) is 0 Å². The Labute approximate surface area is 200 Å². The second kappa shape index (κ2) is 8.88. The minimum Gasteiger partial charge on any atom is -0.357 e. The molecule has 0 aromatic rings. The number of likely N-dealkylation sites (tertiary alicyclic amines) is 1. The van der Waals surface area contributed by atoms with Gasteiger partial charge in [0, 0.05) is 32.5 Å². The maximum atomic E-state index is 13.5. The number of carbonyl (C=O) groups excluding carboxylic acids is 3. The summed E-state index contributed by atoms with van der Waals surface area (Å²) in [6.07, 6.45) is 8.88. The Kier molecular flexibility index (Phi) is 6.60. The van der Waals surface area contributed by atoms with E-state index in [1.54, 1.807) is 7.05 Å². The van der Waals surface area contributed by atoms with Crippen LogP contribution in [0.5, 0.6) is 0 Å². The van der Waals surface area contributed by atoms with Gasteiger partial charge < -0.3 is 15.5 Å². The third-order valence-electron chi connectivity index (χ3n) is 10.5. The number of carbonyl (C=O) groups is 3. The first-order chi connectivity index (χ1) is 15.5. The lowest BCUT2D eigenvalue weighted by Gasteiger charge is -2.61. The van der Waals surface area contributed by atoms with E-state index in [0.29, 0.717) is 48.5 Å². The molecule has 4 aliphatic rings. The quantitative estimate of drug-likeness (QED) is 0.657. The van der Waals surface area contributed by atoms with Crippen LogP contribution in [0.25, 0.3) is 0 Å². The van der Waals surface area contributed by atoms with E-state index in [0.717, 1.165) is 38.5 Å². The third kappa shape index (κ3) is 3.99. The SMILES string of the molecule is CNC(=O)C(CC(C)C)NC(=O)[C@H]1CCC2[C@@H]3CC[C@H]4N(C)C(=O)CC[C@]4(C)[C@H]3CC[C@@]21C. The lowest BCUT2D eigenvalue weighted by atomic mass is 9.47. The molecule has 1 heterocycles. The predicted molar refractivity (Wildman–Crippen MR) is 129 cm³/mol. The zero-order valence-corrected chi connectivity index (χ0v) is 21.6. The van der Waals surface area contributed by atoms with Gasteiger partial charge in [-0.25, -0.2) is 0 Å². The molecule has 0 radical (unpaired) electrons. The maximum Gasteiger partial charge on any atom is 0.242 e. The van der Waals surface area contributed by atoms with E-state index in [1.165, 1.54) is 6.42 Å². The molecule has 3 aliphatic carbocycles. The van der Waals surface area contributed by atoms with Crippen molar-refractivity contribution in [1.82, 2.24) is 15.5 Å². The normalized spacial score (nSPS) is 41.1. The van der Waals surface area contributed by atoms with Gasteiger partial charge in [0.25, 0.3) is 0 Å². The van der Waals surface area contributed by atoms with Crippen LogP contribution in [0, 0.1) is 40.4 Å². The monoisotopic (exact) mass is 459 g/mol. The smallest absolute Gasteiger partial charge is 0.242 e. The largest absolute Gasteiger partial charge is 0.357 e. The van der Waals surface area contributed by atoms with Crippen molar-refractivity contribution in [2.45, 2.75) is 97.6 Å². The molecule has 1 saturated heterocycles. The molecule has 2 unspecified atom stereocenters. The number of nitrogens with zero attached hydrogens (tertiary/aromatic N) is 1. The molecule has 186 valence electrons. The molecule has 4 rings (SSSR count). The highest BCUT2D eigenvalue weighted by Crippen LogP contribution is 2.66. The molecule has 1 aliphatic heterocycles. The molecule has 0 spiro atoms. The van der Waals surface area contributed by atoms with Crippen molar-refractivity contribution in [3.8, 4) is 0 Å². The van der Waals surface area contributed by atoms with Crippen molar-refractivity contribution in [2.24, 2.45) is 40.4 Å². The summed E-state index contributed by atoms with van der Waals surface area (Å²) in [5.74, 6) is 2.48. The number of hydrogen-bond donors (Lipinski definition) is 2. The molecule has 0 aromatic carbocycles. The Morgan fingerprint density at radius 2 is 1.73 bits per heavy atom. The number of hydrogen-bond acceptors (Lipinski definition) is 3. The molecule has 2 N–H and O–H groups in total. The molecule has 0 aromatic heterocycles. The molecule has 6 heteroatoms. The van der Waals surface area contributed by atoms with E-state index in [2.05, 4.69) is 38.3 Å². The van der Waals surface area contributed by atoms with Crippen molar-refractivity contribution < 1.29 is 14.4 Å². The number of rotatable bonds is 5. The highest BCUT2D eigenvalue weighted by Gasteiger charge is 2.62. The Balaban J connectivity index is 1.51. The van der Waals surface area contributed by atoms with E-state index in [1.807, 2.05) is 11.9 Å². The molecule has 33 heavy (non-hydrogen) atoms. The van der Waals surface area contributed by atoms with E-state index in [-0.39, 0.29) is 28.6 Å². The number of nitrogens with one attached hydrogen (secondary N) is 2. The lowest BCUT2D eigenvalue weighted by molar-refractivity contribution is -0.159. The number of likely N-dealkylation sites (N-methyl/N-ethyl adjacent to an activating group) is 1. The van der Waals surface area contributed by atoms with E-state index in [9.17, 15) is 14.4 Å². The fourth-order valence-corrected chi connectivity index (χ4v) is 8.73. The van der Waals surface area contributed by atoms with Crippen LogP contribution < -0.4 is 10.6 Å². The predicted octanol–water partition coefficient (Wildman–Crippen LogP) is 3.74. The standard InChI is InChI=1S/C27H45N3O3/c1-16(2)15-21(25(33)28-5)29-24(32)20-9-8-18-17-7-10-22-27(4,14-12-23(31)30(22)6)19(17)11-13-26(18,20)3/h16-22H,7-15H2,1-6H3,(H,28,33)(H,29,32)/t17-,18?,19-,20+,21?,22+,26-,27+/m0/s1. The van der Waals surface area contributed by atoms with Gasteiger partial charge in [-0.1, -0.05) is 27.7 Å². The van der Waals surface area contributed by atoms with Crippen LogP contribution in [0.1, 0.15) is 85.5 Å². The van der Waals surface area contributed by atoms with E-state index < -0.39 is 6.04 Å². The Morgan fingerprint density at radius 3 is 2.39 bits per heavy atom. The summed E-state index contributed by atoms with van der Waals surface area (Å²) in [6.45, 7) is 8.97. The second-order valence-corrected chi connectivity index (χ2v) is 12.5. The molecular weight excluding hydrogens is 414 g/mol. The number of piperidine rings is 1. The van der Waals surface area contributed by atoms with Gasteiger partial charge in [-0.2, -0.15) is 0 Å². The molecule has 0 bridgehead atoms.